The van der Waals surface area contributed by atoms with E-state index < -0.39 is 0 Å². The van der Waals surface area contributed by atoms with E-state index in [4.69, 9.17) is 23.2 Å². The van der Waals surface area contributed by atoms with Crippen LogP contribution in [0.15, 0.2) is 10.5 Å². The molecule has 0 unspecified atom stereocenters. The fraction of sp³-hybridized carbons (Fsp3) is 0.250. The number of hydrogen-bond donors (Lipinski definition) is 2. The minimum Gasteiger partial charge on any atom is -0.357 e. The minimum atomic E-state index is 0.0348. The molecule has 2 heterocycles. The van der Waals surface area contributed by atoms with Crippen LogP contribution in [0.25, 0.3) is 10.9 Å². The van der Waals surface area contributed by atoms with Crippen LogP contribution in [0.3, 0.4) is 0 Å². The number of halogens is 3. The molecule has 0 saturated carbocycles. The van der Waals surface area contributed by atoms with Gasteiger partial charge in [-0.3, -0.25) is 4.79 Å². The molecule has 1 amide bonds. The van der Waals surface area contributed by atoms with Crippen molar-refractivity contribution in [3.63, 3.8) is 0 Å². The smallest absolute Gasteiger partial charge is 0.224 e. The molecule has 0 fully saturated rings. The van der Waals surface area contributed by atoms with Gasteiger partial charge in [-0.05, 0) is 11.6 Å². The Balaban J connectivity index is 2.35. The summed E-state index contributed by atoms with van der Waals surface area (Å²) in [5, 5.41) is 4.81. The summed E-state index contributed by atoms with van der Waals surface area (Å²) in [5.74, 6) is 0.0348. The first-order valence-corrected chi connectivity index (χ1v) is 7.06. The Morgan fingerprint density at radius 3 is 2.89 bits per heavy atom. The van der Waals surface area contributed by atoms with Crippen LogP contribution in [0.4, 0.5) is 0 Å². The molecular formula is C12H9BrCl2N2O. The number of amides is 1. The van der Waals surface area contributed by atoms with Gasteiger partial charge in [0.05, 0.1) is 22.0 Å². The van der Waals surface area contributed by atoms with Gasteiger partial charge in [0.15, 0.2) is 0 Å². The zero-order valence-electron chi connectivity index (χ0n) is 9.24. The average molecular weight is 348 g/mol. The van der Waals surface area contributed by atoms with Crippen LogP contribution in [-0.2, 0) is 17.6 Å². The molecule has 0 radical (unpaired) electrons. The van der Waals surface area contributed by atoms with E-state index in [1.165, 1.54) is 0 Å². The summed E-state index contributed by atoms with van der Waals surface area (Å²) in [4.78, 5) is 14.9. The van der Waals surface area contributed by atoms with Gasteiger partial charge in [0.2, 0.25) is 5.91 Å². The Hall–Kier alpha value is -0.710. The van der Waals surface area contributed by atoms with Crippen molar-refractivity contribution in [2.45, 2.75) is 12.8 Å². The summed E-state index contributed by atoms with van der Waals surface area (Å²) in [6.07, 6.45) is 1.14. The van der Waals surface area contributed by atoms with Crippen LogP contribution < -0.4 is 5.32 Å². The van der Waals surface area contributed by atoms with E-state index in [1.807, 2.05) is 0 Å². The molecule has 0 spiro atoms. The van der Waals surface area contributed by atoms with E-state index in [2.05, 4.69) is 26.2 Å². The summed E-state index contributed by atoms with van der Waals surface area (Å²) in [7, 11) is 0. The highest BCUT2D eigenvalue weighted by atomic mass is 79.9. The molecule has 2 aromatic rings. The number of aromatic amines is 1. The molecule has 0 atom stereocenters. The first kappa shape index (κ1) is 12.3. The second-order valence-corrected chi connectivity index (χ2v) is 5.90. The van der Waals surface area contributed by atoms with Gasteiger partial charge in [-0.1, -0.05) is 39.1 Å². The van der Waals surface area contributed by atoms with Gasteiger partial charge in [-0.15, -0.1) is 0 Å². The van der Waals surface area contributed by atoms with Crippen molar-refractivity contribution < 1.29 is 4.79 Å². The van der Waals surface area contributed by atoms with E-state index in [9.17, 15) is 4.79 Å². The number of nitrogens with one attached hydrogen (secondary N) is 2. The summed E-state index contributed by atoms with van der Waals surface area (Å²) in [6.45, 7) is 0.641. The molecule has 2 N–H and O–H groups in total. The van der Waals surface area contributed by atoms with Crippen LogP contribution in [0.2, 0.25) is 10.0 Å². The summed E-state index contributed by atoms with van der Waals surface area (Å²) < 4.78 is 0.860. The zero-order valence-corrected chi connectivity index (χ0v) is 12.3. The van der Waals surface area contributed by atoms with Gasteiger partial charge >= 0.3 is 0 Å². The van der Waals surface area contributed by atoms with Gasteiger partial charge < -0.3 is 10.3 Å². The van der Waals surface area contributed by atoms with Crippen LogP contribution in [0.5, 0.6) is 0 Å². The van der Waals surface area contributed by atoms with Crippen LogP contribution >= 0.6 is 39.1 Å². The van der Waals surface area contributed by atoms with E-state index in [0.717, 1.165) is 33.1 Å². The maximum absolute atomic E-state index is 11.7. The molecule has 3 rings (SSSR count). The number of carbonyl (C=O) groups is 1. The van der Waals surface area contributed by atoms with Crippen molar-refractivity contribution in [1.82, 2.24) is 10.3 Å². The second kappa shape index (κ2) is 4.44. The molecular weight excluding hydrogens is 339 g/mol. The first-order chi connectivity index (χ1) is 8.58. The quantitative estimate of drug-likeness (QED) is 0.704. The largest absolute Gasteiger partial charge is 0.357 e. The van der Waals surface area contributed by atoms with E-state index in [-0.39, 0.29) is 5.91 Å². The van der Waals surface area contributed by atoms with Gasteiger partial charge in [0.1, 0.15) is 0 Å². The molecule has 0 bridgehead atoms. The topological polar surface area (TPSA) is 44.9 Å². The summed E-state index contributed by atoms with van der Waals surface area (Å²) >= 11 is 15.8. The molecule has 1 aliphatic rings. The minimum absolute atomic E-state index is 0.0348. The molecule has 18 heavy (non-hydrogen) atoms. The normalized spacial score (nSPS) is 15.4. The van der Waals surface area contributed by atoms with Crippen LogP contribution in [0.1, 0.15) is 11.3 Å². The standard InChI is InChI=1S/C12H9BrCl2N2O/c13-6-4-7(14)11(15)12-10(6)5-3-9(18)16-2-1-8(5)17-12/h4,17H,1-3H2,(H,16,18). The SMILES string of the molecule is O=C1Cc2c([nH]c3c(Cl)c(Cl)cc(Br)c23)CCN1. The van der Waals surface area contributed by atoms with Gasteiger partial charge in [0.25, 0.3) is 0 Å². The molecule has 94 valence electrons. The first-order valence-electron chi connectivity index (χ1n) is 5.51. The number of aromatic nitrogens is 1. The van der Waals surface area contributed by atoms with Gasteiger partial charge in [-0.2, -0.15) is 0 Å². The maximum atomic E-state index is 11.7. The Labute approximate surface area is 122 Å². The average Bonchev–Trinajstić information content (AvgIpc) is 2.56. The monoisotopic (exact) mass is 346 g/mol. The number of rotatable bonds is 0. The third-order valence-electron chi connectivity index (χ3n) is 3.15. The Bertz CT molecular complexity index is 666. The fourth-order valence-electron chi connectivity index (χ4n) is 2.34. The van der Waals surface area contributed by atoms with Crippen LogP contribution in [-0.4, -0.2) is 17.4 Å². The molecule has 0 aliphatic carbocycles. The lowest BCUT2D eigenvalue weighted by molar-refractivity contribution is -0.120. The Morgan fingerprint density at radius 2 is 2.11 bits per heavy atom. The van der Waals surface area contributed by atoms with E-state index in [1.54, 1.807) is 6.07 Å². The molecule has 1 aromatic heterocycles. The predicted octanol–water partition coefficient (Wildman–Crippen LogP) is 3.45. The van der Waals surface area contributed by atoms with Crippen molar-refractivity contribution in [2.24, 2.45) is 0 Å². The molecule has 3 nitrogen and oxygen atoms in total. The van der Waals surface area contributed by atoms with Crippen molar-refractivity contribution in [2.75, 3.05) is 6.54 Å². The number of H-pyrrole nitrogens is 1. The summed E-state index contributed by atoms with van der Waals surface area (Å²) in [6, 6.07) is 1.77. The molecule has 1 aromatic carbocycles. The zero-order chi connectivity index (χ0) is 12.9. The molecule has 0 saturated heterocycles. The number of benzene rings is 1. The van der Waals surface area contributed by atoms with Crippen molar-refractivity contribution in [3.05, 3.63) is 31.8 Å². The van der Waals surface area contributed by atoms with Gasteiger partial charge in [-0.25, -0.2) is 0 Å². The Morgan fingerprint density at radius 1 is 1.33 bits per heavy atom. The van der Waals surface area contributed by atoms with E-state index >= 15 is 0 Å². The third kappa shape index (κ3) is 1.83. The lowest BCUT2D eigenvalue weighted by Crippen LogP contribution is -2.24. The fourth-order valence-corrected chi connectivity index (χ4v) is 3.54. The van der Waals surface area contributed by atoms with Gasteiger partial charge in [0, 0.05) is 28.5 Å². The van der Waals surface area contributed by atoms with Crippen molar-refractivity contribution in [3.8, 4) is 0 Å². The number of fused-ring (bicyclic) bond motifs is 3. The molecule has 1 aliphatic heterocycles. The number of hydrogen-bond acceptors (Lipinski definition) is 1. The highest BCUT2D eigenvalue weighted by Crippen LogP contribution is 2.39. The number of carbonyl (C=O) groups excluding carboxylic acids is 1. The lowest BCUT2D eigenvalue weighted by Gasteiger charge is -2.03. The molecule has 6 heteroatoms. The lowest BCUT2D eigenvalue weighted by atomic mass is 10.1. The maximum Gasteiger partial charge on any atom is 0.224 e. The van der Waals surface area contributed by atoms with E-state index in [0.29, 0.717) is 23.0 Å². The van der Waals surface area contributed by atoms with Crippen molar-refractivity contribution in [1.29, 1.82) is 0 Å². The van der Waals surface area contributed by atoms with Crippen LogP contribution in [0, 0.1) is 0 Å². The predicted molar refractivity (Wildman–Crippen MR) is 76.4 cm³/mol. The Kier molecular flexibility index (Phi) is 3.04. The third-order valence-corrected chi connectivity index (χ3v) is 4.56. The summed E-state index contributed by atoms with van der Waals surface area (Å²) in [5.41, 5.74) is 2.86. The second-order valence-electron chi connectivity index (χ2n) is 4.26. The van der Waals surface area contributed by atoms with Crippen molar-refractivity contribution >= 4 is 55.9 Å². The highest BCUT2D eigenvalue weighted by molar-refractivity contribution is 9.10. The highest BCUT2D eigenvalue weighted by Gasteiger charge is 2.22.